The van der Waals surface area contributed by atoms with Crippen molar-refractivity contribution in [1.82, 2.24) is 5.32 Å². The molecule has 1 aromatic carbocycles. The maximum atomic E-state index is 5.93. The van der Waals surface area contributed by atoms with Crippen LogP contribution in [0.5, 0.6) is 0 Å². The molecule has 0 radical (unpaired) electrons. The third-order valence-corrected chi connectivity index (χ3v) is 5.50. The van der Waals surface area contributed by atoms with E-state index in [1.54, 1.807) is 0 Å². The number of hydrogen-bond acceptors (Lipinski definition) is 2. The molecule has 4 heteroatoms. The molecule has 2 rings (SSSR count). The van der Waals surface area contributed by atoms with Crippen LogP contribution in [0.15, 0.2) is 34.8 Å². The average Bonchev–Trinajstić information content (AvgIpc) is 2.71. The Labute approximate surface area is 132 Å². The SMILES string of the molecule is CCC(NCc1cc(Br)c(C)s1)c1ccc(Cl)cc1. The maximum Gasteiger partial charge on any atom is 0.0406 e. The fourth-order valence-corrected chi connectivity index (χ4v) is 3.70. The summed E-state index contributed by atoms with van der Waals surface area (Å²) in [7, 11) is 0. The summed E-state index contributed by atoms with van der Waals surface area (Å²) in [5.74, 6) is 0. The highest BCUT2D eigenvalue weighted by Gasteiger charge is 2.10. The smallest absolute Gasteiger partial charge is 0.0406 e. The molecule has 0 aliphatic rings. The van der Waals surface area contributed by atoms with Gasteiger partial charge in [0.15, 0.2) is 0 Å². The van der Waals surface area contributed by atoms with Gasteiger partial charge in [-0.05, 0) is 53.0 Å². The minimum Gasteiger partial charge on any atom is -0.305 e. The standard InChI is InChI=1S/C15H17BrClNS/c1-3-15(11-4-6-12(17)7-5-11)18-9-13-8-14(16)10(2)19-13/h4-8,15,18H,3,9H2,1-2H3. The van der Waals surface area contributed by atoms with Crippen molar-refractivity contribution in [2.24, 2.45) is 0 Å². The molecule has 0 aliphatic carbocycles. The van der Waals surface area contributed by atoms with Crippen LogP contribution in [-0.2, 0) is 6.54 Å². The Morgan fingerprint density at radius 2 is 2.00 bits per heavy atom. The van der Waals surface area contributed by atoms with Crippen LogP contribution in [0.25, 0.3) is 0 Å². The predicted octanol–water partition coefficient (Wildman–Crippen LogP) is 5.71. The fraction of sp³-hybridized carbons (Fsp3) is 0.333. The minimum atomic E-state index is 0.374. The van der Waals surface area contributed by atoms with Crippen LogP contribution in [0.3, 0.4) is 0 Å². The van der Waals surface area contributed by atoms with E-state index in [0.29, 0.717) is 6.04 Å². The monoisotopic (exact) mass is 357 g/mol. The second kappa shape index (κ2) is 6.89. The van der Waals surface area contributed by atoms with E-state index in [1.807, 2.05) is 23.5 Å². The maximum absolute atomic E-state index is 5.93. The van der Waals surface area contributed by atoms with E-state index in [9.17, 15) is 0 Å². The third-order valence-electron chi connectivity index (χ3n) is 3.11. The van der Waals surface area contributed by atoms with Crippen molar-refractivity contribution >= 4 is 38.9 Å². The average molecular weight is 359 g/mol. The first kappa shape index (κ1) is 15.0. The highest BCUT2D eigenvalue weighted by molar-refractivity contribution is 9.10. The Balaban J connectivity index is 2.01. The first-order chi connectivity index (χ1) is 9.10. The van der Waals surface area contributed by atoms with Crippen LogP contribution in [0.4, 0.5) is 0 Å². The summed E-state index contributed by atoms with van der Waals surface area (Å²) in [4.78, 5) is 2.69. The summed E-state index contributed by atoms with van der Waals surface area (Å²) in [6.07, 6.45) is 1.06. The van der Waals surface area contributed by atoms with Crippen molar-refractivity contribution < 1.29 is 0 Å². The molecule has 0 fully saturated rings. The van der Waals surface area contributed by atoms with Gasteiger partial charge in [-0.15, -0.1) is 11.3 Å². The van der Waals surface area contributed by atoms with Gasteiger partial charge in [-0.2, -0.15) is 0 Å². The zero-order valence-electron chi connectivity index (χ0n) is 11.0. The number of aryl methyl sites for hydroxylation is 1. The Hall–Kier alpha value is -0.350. The molecule has 2 aromatic rings. The molecule has 0 saturated heterocycles. The van der Waals surface area contributed by atoms with Crippen molar-refractivity contribution in [3.63, 3.8) is 0 Å². The van der Waals surface area contributed by atoms with Crippen molar-refractivity contribution in [2.45, 2.75) is 32.9 Å². The summed E-state index contributed by atoms with van der Waals surface area (Å²) in [5, 5.41) is 4.40. The van der Waals surface area contributed by atoms with Gasteiger partial charge in [0.25, 0.3) is 0 Å². The molecule has 1 nitrogen and oxygen atoms in total. The Bertz CT molecular complexity index is 516. The molecule has 0 saturated carbocycles. The molecular formula is C15H17BrClNS. The normalized spacial score (nSPS) is 12.6. The minimum absolute atomic E-state index is 0.374. The van der Waals surface area contributed by atoms with Crippen LogP contribution < -0.4 is 5.32 Å². The van der Waals surface area contributed by atoms with Gasteiger partial charge in [0.2, 0.25) is 0 Å². The Morgan fingerprint density at radius 3 is 2.53 bits per heavy atom. The first-order valence-corrected chi connectivity index (χ1v) is 8.32. The molecule has 102 valence electrons. The van der Waals surface area contributed by atoms with Gasteiger partial charge >= 0.3 is 0 Å². The van der Waals surface area contributed by atoms with E-state index < -0.39 is 0 Å². The number of hydrogen-bond donors (Lipinski definition) is 1. The van der Waals surface area contributed by atoms with Crippen LogP contribution in [-0.4, -0.2) is 0 Å². The fourth-order valence-electron chi connectivity index (χ4n) is 2.02. The summed E-state index contributed by atoms with van der Waals surface area (Å²) in [5.41, 5.74) is 1.29. The third kappa shape index (κ3) is 4.06. The summed E-state index contributed by atoms with van der Waals surface area (Å²) < 4.78 is 1.20. The van der Waals surface area contributed by atoms with Gasteiger partial charge in [0, 0.05) is 31.8 Å². The second-order valence-electron chi connectivity index (χ2n) is 4.51. The number of rotatable bonds is 5. The highest BCUT2D eigenvalue weighted by atomic mass is 79.9. The molecule has 1 heterocycles. The molecule has 0 bridgehead atoms. The lowest BCUT2D eigenvalue weighted by atomic mass is 10.0. The van der Waals surface area contributed by atoms with Gasteiger partial charge in [-0.3, -0.25) is 0 Å². The van der Waals surface area contributed by atoms with E-state index >= 15 is 0 Å². The largest absolute Gasteiger partial charge is 0.305 e. The highest BCUT2D eigenvalue weighted by Crippen LogP contribution is 2.27. The molecular weight excluding hydrogens is 342 g/mol. The zero-order chi connectivity index (χ0) is 13.8. The van der Waals surface area contributed by atoms with Crippen molar-refractivity contribution in [2.75, 3.05) is 0 Å². The lowest BCUT2D eigenvalue weighted by Gasteiger charge is -2.17. The second-order valence-corrected chi connectivity index (χ2v) is 7.14. The lowest BCUT2D eigenvalue weighted by Crippen LogP contribution is -2.19. The molecule has 1 unspecified atom stereocenters. The number of nitrogens with one attached hydrogen (secondary N) is 1. The summed E-state index contributed by atoms with van der Waals surface area (Å²) >= 11 is 11.3. The first-order valence-electron chi connectivity index (χ1n) is 6.33. The van der Waals surface area contributed by atoms with Crippen molar-refractivity contribution in [3.05, 3.63) is 55.1 Å². The Kier molecular flexibility index (Phi) is 5.46. The van der Waals surface area contributed by atoms with E-state index in [0.717, 1.165) is 18.0 Å². The van der Waals surface area contributed by atoms with Crippen LogP contribution >= 0.6 is 38.9 Å². The molecule has 1 atom stereocenters. The van der Waals surface area contributed by atoms with E-state index in [-0.39, 0.29) is 0 Å². The van der Waals surface area contributed by atoms with Gasteiger partial charge in [0.05, 0.1) is 0 Å². The number of halogens is 2. The number of benzene rings is 1. The van der Waals surface area contributed by atoms with Gasteiger partial charge in [0.1, 0.15) is 0 Å². The molecule has 1 aromatic heterocycles. The van der Waals surface area contributed by atoms with Gasteiger partial charge in [-0.1, -0.05) is 30.7 Å². The van der Waals surface area contributed by atoms with Crippen LogP contribution in [0, 0.1) is 6.92 Å². The Morgan fingerprint density at radius 1 is 1.32 bits per heavy atom. The molecule has 19 heavy (non-hydrogen) atoms. The molecule has 0 amide bonds. The van der Waals surface area contributed by atoms with Gasteiger partial charge in [-0.25, -0.2) is 0 Å². The molecule has 0 aliphatic heterocycles. The van der Waals surface area contributed by atoms with E-state index in [2.05, 4.69) is 53.3 Å². The molecule has 0 spiro atoms. The molecule has 1 N–H and O–H groups in total. The van der Waals surface area contributed by atoms with Gasteiger partial charge < -0.3 is 5.32 Å². The number of thiophene rings is 1. The van der Waals surface area contributed by atoms with Crippen molar-refractivity contribution in [3.8, 4) is 0 Å². The zero-order valence-corrected chi connectivity index (χ0v) is 14.2. The summed E-state index contributed by atoms with van der Waals surface area (Å²) in [6.45, 7) is 5.23. The lowest BCUT2D eigenvalue weighted by molar-refractivity contribution is 0.522. The topological polar surface area (TPSA) is 12.0 Å². The summed E-state index contributed by atoms with van der Waals surface area (Å²) in [6, 6.07) is 10.7. The van der Waals surface area contributed by atoms with Crippen LogP contribution in [0.1, 0.15) is 34.7 Å². The quantitative estimate of drug-likeness (QED) is 0.721. The van der Waals surface area contributed by atoms with Crippen molar-refractivity contribution in [1.29, 1.82) is 0 Å². The predicted molar refractivity (Wildman–Crippen MR) is 88.1 cm³/mol. The van der Waals surface area contributed by atoms with Crippen LogP contribution in [0.2, 0.25) is 5.02 Å². The van der Waals surface area contributed by atoms with E-state index in [4.69, 9.17) is 11.6 Å². The van der Waals surface area contributed by atoms with E-state index in [1.165, 1.54) is 19.8 Å².